The van der Waals surface area contributed by atoms with E-state index in [-0.39, 0.29) is 124 Å². The van der Waals surface area contributed by atoms with E-state index in [1.165, 1.54) is 0 Å². The van der Waals surface area contributed by atoms with Gasteiger partial charge in [0.05, 0.1) is 0 Å². The first-order chi connectivity index (χ1) is 7.03. The van der Waals surface area contributed by atoms with Crippen molar-refractivity contribution in [3.8, 4) is 11.5 Å². The van der Waals surface area contributed by atoms with E-state index in [9.17, 15) is 28.7 Å². The minimum absolute atomic E-state index is 0. The van der Waals surface area contributed by atoms with E-state index >= 15 is 0 Å². The van der Waals surface area contributed by atoms with Crippen LogP contribution in [0.25, 0.3) is 0 Å². The molecule has 0 atom stereocenters. The number of benzene rings is 1. The molecule has 0 spiro atoms. The van der Waals surface area contributed by atoms with Crippen molar-refractivity contribution < 1.29 is 157 Å². The molecule has 0 aromatic heterocycles. The summed E-state index contributed by atoms with van der Waals surface area (Å²) in [6.07, 6.45) is 0. The molecule has 14 heteroatoms. The van der Waals surface area contributed by atoms with Gasteiger partial charge in [-0.3, -0.25) is 0 Å². The van der Waals surface area contributed by atoms with Crippen LogP contribution in [0, 0.1) is 0 Å². The number of phenolic OH excluding ortho intramolecular Hbond substituents is 2. The summed E-state index contributed by atoms with van der Waals surface area (Å²) in [5, 5.41) is 15.5. The van der Waals surface area contributed by atoms with Gasteiger partial charge in [-0.05, 0) is 32.6 Å². The Balaban J connectivity index is -0.000000320. The van der Waals surface area contributed by atoms with Crippen LogP contribution in [0.1, 0.15) is 0 Å². The molecule has 0 radical (unpaired) electrons. The Kier molecular flexibility index (Phi) is 18.0. The van der Waals surface area contributed by atoms with Gasteiger partial charge < -0.3 is 38.9 Å². The molecule has 0 heterocycles. The monoisotopic (exact) mass is 358 g/mol. The van der Waals surface area contributed by atoms with Gasteiger partial charge in [-0.25, -0.2) is 0 Å². The van der Waals surface area contributed by atoms with Crippen molar-refractivity contribution in [2.75, 3.05) is 0 Å². The minimum Gasteiger partial charge on any atom is -0.807 e. The molecule has 0 saturated carbocycles. The largest absolute Gasteiger partial charge is 1.00 e. The van der Waals surface area contributed by atoms with E-state index in [2.05, 4.69) is 0 Å². The van der Waals surface area contributed by atoms with Crippen molar-refractivity contribution in [2.45, 2.75) is 0 Å². The van der Waals surface area contributed by atoms with E-state index in [4.69, 9.17) is 10.2 Å². The van der Waals surface area contributed by atoms with Gasteiger partial charge in [-0.15, -0.1) is 0 Å². The molecule has 0 saturated heterocycles. The SMILES string of the molecule is O=P([O-])([O-])c1cc(O)c(O)c(P(=O)([O-])[O-])c1.[Na+].[Na+].[Na+].[Na+]. The third-order valence-corrected chi connectivity index (χ3v) is 3.49. The summed E-state index contributed by atoms with van der Waals surface area (Å²) in [5.74, 6) is -2.46. The van der Waals surface area contributed by atoms with Crippen LogP contribution < -0.4 is 148 Å². The maximum Gasteiger partial charge on any atom is 1.00 e. The Bertz CT molecular complexity index is 526. The fourth-order valence-corrected chi connectivity index (χ4v) is 2.30. The van der Waals surface area contributed by atoms with Gasteiger partial charge >= 0.3 is 118 Å². The second kappa shape index (κ2) is 11.6. The van der Waals surface area contributed by atoms with Crippen LogP contribution in [-0.4, -0.2) is 10.2 Å². The van der Waals surface area contributed by atoms with Gasteiger partial charge in [0, 0.05) is 5.30 Å². The fourth-order valence-electron chi connectivity index (χ4n) is 0.957. The van der Waals surface area contributed by atoms with Crippen molar-refractivity contribution in [3.05, 3.63) is 12.1 Å². The van der Waals surface area contributed by atoms with Gasteiger partial charge in [-0.2, -0.15) is 0 Å². The van der Waals surface area contributed by atoms with Crippen LogP contribution in [0.15, 0.2) is 12.1 Å². The molecule has 0 fully saturated rings. The number of phenols is 2. The van der Waals surface area contributed by atoms with E-state index < -0.39 is 37.3 Å². The molecule has 8 nitrogen and oxygen atoms in total. The fraction of sp³-hybridized carbons (Fsp3) is 0. The Hall–Kier alpha value is 3.12. The first-order valence-corrected chi connectivity index (χ1v) is 6.73. The van der Waals surface area contributed by atoms with E-state index in [1.54, 1.807) is 0 Å². The molecular weight excluding hydrogens is 354 g/mol. The second-order valence-electron chi connectivity index (χ2n) is 2.83. The smallest absolute Gasteiger partial charge is 0.807 e. The zero-order valence-electron chi connectivity index (χ0n) is 11.4. The average molecular weight is 358 g/mol. The second-order valence-corrected chi connectivity index (χ2v) is 5.82. The minimum atomic E-state index is -5.49. The quantitative estimate of drug-likeness (QED) is 0.299. The summed E-state index contributed by atoms with van der Waals surface area (Å²) in [6, 6.07) is 0.561. The zero-order chi connectivity index (χ0) is 12.7. The van der Waals surface area contributed by atoms with Crippen LogP contribution in [0.5, 0.6) is 11.5 Å². The Morgan fingerprint density at radius 2 is 1.20 bits per heavy atom. The van der Waals surface area contributed by atoms with E-state index in [1.807, 2.05) is 0 Å². The van der Waals surface area contributed by atoms with Crippen molar-refractivity contribution in [1.82, 2.24) is 0 Å². The summed E-state index contributed by atoms with van der Waals surface area (Å²) in [6.45, 7) is 0. The predicted molar refractivity (Wildman–Crippen MR) is 44.3 cm³/mol. The summed E-state index contributed by atoms with van der Waals surface area (Å²) < 4.78 is 21.2. The van der Waals surface area contributed by atoms with Gasteiger partial charge in [-0.1, -0.05) is 0 Å². The topological polar surface area (TPSA) is 167 Å². The summed E-state index contributed by atoms with van der Waals surface area (Å²) in [7, 11) is -10.8. The molecule has 0 bridgehead atoms. The van der Waals surface area contributed by atoms with Gasteiger partial charge in [0.15, 0.2) is 11.5 Å². The number of hydrogen-bond donors (Lipinski definition) is 2. The van der Waals surface area contributed by atoms with Crippen molar-refractivity contribution >= 4 is 25.8 Å². The van der Waals surface area contributed by atoms with Gasteiger partial charge in [0.25, 0.3) is 0 Å². The summed E-state index contributed by atoms with van der Waals surface area (Å²) >= 11 is 0. The molecule has 0 unspecified atom stereocenters. The van der Waals surface area contributed by atoms with E-state index in [0.717, 1.165) is 0 Å². The van der Waals surface area contributed by atoms with Crippen LogP contribution in [0.3, 0.4) is 0 Å². The van der Waals surface area contributed by atoms with Gasteiger partial charge in [0.1, 0.15) is 0 Å². The molecular formula is C6H4Na4O8P2. The van der Waals surface area contributed by atoms with Crippen molar-refractivity contribution in [2.24, 2.45) is 0 Å². The average Bonchev–Trinajstić information content (AvgIpc) is 2.05. The number of hydrogen-bond acceptors (Lipinski definition) is 8. The van der Waals surface area contributed by atoms with Crippen LogP contribution in [0.4, 0.5) is 0 Å². The molecule has 1 aromatic carbocycles. The molecule has 0 amide bonds. The Morgan fingerprint density at radius 3 is 1.50 bits per heavy atom. The Morgan fingerprint density at radius 1 is 0.800 bits per heavy atom. The zero-order valence-corrected chi connectivity index (χ0v) is 21.2. The van der Waals surface area contributed by atoms with Crippen molar-refractivity contribution in [3.63, 3.8) is 0 Å². The normalized spacial score (nSPS) is 10.2. The molecule has 0 aliphatic rings. The summed E-state index contributed by atoms with van der Waals surface area (Å²) in [5.41, 5.74) is 0. The first kappa shape index (κ1) is 30.9. The van der Waals surface area contributed by atoms with Crippen molar-refractivity contribution in [1.29, 1.82) is 0 Å². The van der Waals surface area contributed by atoms with Crippen LogP contribution in [-0.2, 0) is 9.13 Å². The number of rotatable bonds is 2. The molecule has 90 valence electrons. The predicted octanol–water partition coefficient (Wildman–Crippen LogP) is -15.8. The summed E-state index contributed by atoms with van der Waals surface area (Å²) in [4.78, 5) is 42.3. The molecule has 20 heavy (non-hydrogen) atoms. The number of aromatic hydroxyl groups is 2. The third-order valence-electron chi connectivity index (χ3n) is 1.67. The van der Waals surface area contributed by atoms with Crippen LogP contribution in [0.2, 0.25) is 0 Å². The standard InChI is InChI=1S/C6H8O8P2.4Na/c7-4-1-3(15(9,10)11)2-5(6(4)8)16(12,13)14;;;;/h1-2,7-8H,(H2,9,10,11)(H2,12,13,14);;;;/q;4*+1/p-4. The first-order valence-electron chi connectivity index (χ1n) is 3.64. The molecule has 0 aliphatic heterocycles. The van der Waals surface area contributed by atoms with Crippen LogP contribution >= 0.6 is 15.2 Å². The molecule has 0 aliphatic carbocycles. The third kappa shape index (κ3) is 8.83. The molecule has 2 N–H and O–H groups in total. The maximum absolute atomic E-state index is 10.6. The maximum atomic E-state index is 10.6. The van der Waals surface area contributed by atoms with E-state index in [0.29, 0.717) is 6.07 Å². The molecule has 1 rings (SSSR count). The Labute approximate surface area is 203 Å². The molecule has 1 aromatic rings. The van der Waals surface area contributed by atoms with Gasteiger partial charge in [0.2, 0.25) is 0 Å².